The number of hydrogen-bond donors (Lipinski definition) is 2. The second-order valence-corrected chi connectivity index (χ2v) is 5.80. The van der Waals surface area contributed by atoms with Gasteiger partial charge in [0.05, 0.1) is 13.1 Å². The minimum Gasteiger partial charge on any atom is -0.508 e. The maximum Gasteiger partial charge on any atom is 0.358 e. The highest BCUT2D eigenvalue weighted by molar-refractivity contribution is 5.97. The summed E-state index contributed by atoms with van der Waals surface area (Å²) in [6.07, 6.45) is 1.08. The molecule has 1 aliphatic rings. The van der Waals surface area contributed by atoms with Gasteiger partial charge in [0.25, 0.3) is 0 Å². The number of phenolic OH excluding ortho intramolecular Hbond substituents is 1. The molecule has 2 N–H and O–H groups in total. The Balaban J connectivity index is 1.76. The third kappa shape index (κ3) is 2.34. The van der Waals surface area contributed by atoms with E-state index in [0.717, 1.165) is 36.5 Å². The zero-order valence-corrected chi connectivity index (χ0v) is 12.7. The van der Waals surface area contributed by atoms with Crippen LogP contribution in [0, 0.1) is 0 Å². The monoisotopic (exact) mass is 308 g/mol. The van der Waals surface area contributed by atoms with Crippen LogP contribution in [0.15, 0.2) is 48.5 Å². The summed E-state index contributed by atoms with van der Waals surface area (Å²) >= 11 is 0. The van der Waals surface area contributed by atoms with E-state index in [0.29, 0.717) is 5.56 Å². The van der Waals surface area contributed by atoms with E-state index in [-0.39, 0.29) is 18.1 Å². The number of carbonyl (C=O) groups is 1. The quantitative estimate of drug-likeness (QED) is 0.577. The summed E-state index contributed by atoms with van der Waals surface area (Å²) in [6, 6.07) is 14.6. The number of nitrogens with zero attached hydrogens (tertiary/aromatic N) is 2. The van der Waals surface area contributed by atoms with Gasteiger partial charge in [0.1, 0.15) is 23.3 Å². The van der Waals surface area contributed by atoms with Gasteiger partial charge in [-0.3, -0.25) is 10.1 Å². The van der Waals surface area contributed by atoms with Crippen molar-refractivity contribution in [2.45, 2.75) is 19.5 Å². The van der Waals surface area contributed by atoms with E-state index < -0.39 is 0 Å². The summed E-state index contributed by atoms with van der Waals surface area (Å²) in [6.45, 7) is 2.16. The summed E-state index contributed by atoms with van der Waals surface area (Å²) in [5.41, 5.74) is 2.81. The minimum absolute atomic E-state index is 0.0292. The molecule has 3 aromatic rings. The van der Waals surface area contributed by atoms with E-state index >= 15 is 0 Å². The fraction of sp³-hybridized carbons (Fsp3) is 0.222. The van der Waals surface area contributed by atoms with Gasteiger partial charge in [-0.1, -0.05) is 12.1 Å². The highest BCUT2D eigenvalue weighted by Crippen LogP contribution is 2.21. The third-order valence-corrected chi connectivity index (χ3v) is 4.31. The van der Waals surface area contributed by atoms with Crippen LogP contribution in [0.4, 0.5) is 5.95 Å². The Hall–Kier alpha value is -2.82. The Morgan fingerprint density at radius 1 is 1.17 bits per heavy atom. The Bertz CT molecular complexity index is 881. The second-order valence-electron chi connectivity index (χ2n) is 5.80. The Labute approximate surface area is 133 Å². The summed E-state index contributed by atoms with van der Waals surface area (Å²) in [5.74, 6) is 1.19. The molecule has 0 fully saturated rings. The van der Waals surface area contributed by atoms with Gasteiger partial charge < -0.3 is 5.11 Å². The SMILES string of the molecule is O=C(Cn1c2[n+](c3ccccc31)CCCN2)c1ccc(O)cc1. The topological polar surface area (TPSA) is 58.1 Å². The number of benzene rings is 2. The number of ketones is 1. The molecule has 116 valence electrons. The van der Waals surface area contributed by atoms with Crippen molar-refractivity contribution in [2.75, 3.05) is 11.9 Å². The van der Waals surface area contributed by atoms with Crippen molar-refractivity contribution >= 4 is 22.8 Å². The maximum absolute atomic E-state index is 12.6. The predicted octanol–water partition coefficient (Wildman–Crippen LogP) is 2.33. The molecule has 0 radical (unpaired) electrons. The third-order valence-electron chi connectivity index (χ3n) is 4.31. The van der Waals surface area contributed by atoms with Gasteiger partial charge in [-0.15, -0.1) is 0 Å². The molecule has 0 bridgehead atoms. The zero-order valence-electron chi connectivity index (χ0n) is 12.7. The predicted molar refractivity (Wildman–Crippen MR) is 87.7 cm³/mol. The van der Waals surface area contributed by atoms with E-state index in [4.69, 9.17) is 0 Å². The molecule has 2 aromatic carbocycles. The van der Waals surface area contributed by atoms with Gasteiger partial charge in [0, 0.05) is 12.0 Å². The lowest BCUT2D eigenvalue weighted by atomic mass is 10.1. The van der Waals surface area contributed by atoms with Crippen LogP contribution in [0.25, 0.3) is 11.0 Å². The molecule has 0 atom stereocenters. The van der Waals surface area contributed by atoms with E-state index in [1.807, 2.05) is 22.8 Å². The molecule has 5 nitrogen and oxygen atoms in total. The number of imidazole rings is 1. The number of aryl methyl sites for hydroxylation is 1. The number of para-hydroxylation sites is 2. The number of hydrogen-bond acceptors (Lipinski definition) is 3. The summed E-state index contributed by atoms with van der Waals surface area (Å²) in [7, 11) is 0. The molecule has 0 saturated carbocycles. The Morgan fingerprint density at radius 2 is 1.96 bits per heavy atom. The lowest BCUT2D eigenvalue weighted by molar-refractivity contribution is -0.661. The van der Waals surface area contributed by atoms with Gasteiger partial charge in [0.2, 0.25) is 0 Å². The van der Waals surface area contributed by atoms with Crippen molar-refractivity contribution in [1.29, 1.82) is 0 Å². The van der Waals surface area contributed by atoms with Crippen molar-refractivity contribution in [3.05, 3.63) is 54.1 Å². The number of carbonyl (C=O) groups excluding carboxylic acids is 1. The van der Waals surface area contributed by atoms with E-state index in [1.165, 1.54) is 0 Å². The minimum atomic E-state index is 0.0292. The zero-order chi connectivity index (χ0) is 15.8. The van der Waals surface area contributed by atoms with Crippen LogP contribution in [-0.2, 0) is 13.1 Å². The van der Waals surface area contributed by atoms with Crippen molar-refractivity contribution < 1.29 is 14.5 Å². The first-order chi connectivity index (χ1) is 11.2. The van der Waals surface area contributed by atoms with Crippen LogP contribution < -0.4 is 9.88 Å². The van der Waals surface area contributed by atoms with Crippen LogP contribution in [0.3, 0.4) is 0 Å². The first-order valence-electron chi connectivity index (χ1n) is 7.81. The number of aromatic hydroxyl groups is 1. The molecule has 0 spiro atoms. The van der Waals surface area contributed by atoms with Crippen molar-refractivity contribution in [1.82, 2.24) is 4.57 Å². The van der Waals surface area contributed by atoms with Crippen molar-refractivity contribution in [3.63, 3.8) is 0 Å². The van der Waals surface area contributed by atoms with Crippen molar-refractivity contribution in [2.24, 2.45) is 0 Å². The van der Waals surface area contributed by atoms with E-state index in [1.54, 1.807) is 24.3 Å². The van der Waals surface area contributed by atoms with E-state index in [9.17, 15) is 9.90 Å². The average Bonchev–Trinajstić information content (AvgIpc) is 2.90. The van der Waals surface area contributed by atoms with Gasteiger partial charge in [0.15, 0.2) is 5.78 Å². The first-order valence-corrected chi connectivity index (χ1v) is 7.81. The fourth-order valence-electron chi connectivity index (χ4n) is 3.19. The average molecular weight is 308 g/mol. The van der Waals surface area contributed by atoms with Crippen LogP contribution in [0.1, 0.15) is 16.8 Å². The summed E-state index contributed by atoms with van der Waals surface area (Å²) < 4.78 is 4.28. The number of fused-ring (bicyclic) bond motifs is 3. The number of nitrogens with one attached hydrogen (secondary N) is 1. The van der Waals surface area contributed by atoms with Crippen LogP contribution in [0.5, 0.6) is 5.75 Å². The molecule has 0 aliphatic carbocycles. The molecule has 0 unspecified atom stereocenters. The van der Waals surface area contributed by atoms with Gasteiger partial charge in [-0.25, -0.2) is 9.13 Å². The van der Waals surface area contributed by atoms with E-state index in [2.05, 4.69) is 16.0 Å². The first kappa shape index (κ1) is 13.8. The molecule has 1 aliphatic heterocycles. The number of Topliss-reactive ketones (excluding diaryl/α,β-unsaturated/α-hetero) is 1. The van der Waals surface area contributed by atoms with Gasteiger partial charge >= 0.3 is 5.95 Å². The molecule has 0 amide bonds. The highest BCUT2D eigenvalue weighted by atomic mass is 16.3. The van der Waals surface area contributed by atoms with Crippen LogP contribution >= 0.6 is 0 Å². The number of rotatable bonds is 3. The summed E-state index contributed by atoms with van der Waals surface area (Å²) in [4.78, 5) is 12.6. The molecular formula is C18H18N3O2+. The van der Waals surface area contributed by atoms with Gasteiger partial charge in [-0.05, 0) is 36.4 Å². The number of anilines is 1. The second kappa shape index (κ2) is 5.43. The molecular weight excluding hydrogens is 290 g/mol. The van der Waals surface area contributed by atoms with Gasteiger partial charge in [-0.2, -0.15) is 0 Å². The standard InChI is InChI=1S/C18H17N3O2/c22-14-8-6-13(7-9-14)17(23)12-21-16-5-2-1-4-15(16)20-11-3-10-19-18(20)21/h1-2,4-9H,3,10-12H2,(H,22,23)/p+1. The van der Waals surface area contributed by atoms with Crippen molar-refractivity contribution in [3.8, 4) is 5.75 Å². The maximum atomic E-state index is 12.6. The lowest BCUT2D eigenvalue weighted by Gasteiger charge is -2.11. The smallest absolute Gasteiger partial charge is 0.358 e. The fourth-order valence-corrected chi connectivity index (χ4v) is 3.19. The molecule has 4 rings (SSSR count). The van der Waals surface area contributed by atoms with Crippen LogP contribution in [-0.4, -0.2) is 22.0 Å². The Kier molecular flexibility index (Phi) is 3.26. The largest absolute Gasteiger partial charge is 0.508 e. The molecule has 5 heteroatoms. The normalized spacial score (nSPS) is 13.6. The molecule has 23 heavy (non-hydrogen) atoms. The lowest BCUT2D eigenvalue weighted by Crippen LogP contribution is -2.42. The molecule has 2 heterocycles. The molecule has 0 saturated heterocycles. The number of phenols is 1. The number of aromatic nitrogens is 2. The molecule has 1 aromatic heterocycles. The summed E-state index contributed by atoms with van der Waals surface area (Å²) in [5, 5.41) is 12.8. The van der Waals surface area contributed by atoms with Crippen LogP contribution in [0.2, 0.25) is 0 Å². The highest BCUT2D eigenvalue weighted by Gasteiger charge is 2.27. The Morgan fingerprint density at radius 3 is 2.78 bits per heavy atom.